The average Bonchev–Trinajstić information content (AvgIpc) is 2.62. The Morgan fingerprint density at radius 2 is 2.20 bits per heavy atom. The van der Waals surface area contributed by atoms with Gasteiger partial charge in [0.15, 0.2) is 0 Å². The van der Waals surface area contributed by atoms with Crippen LogP contribution in [0.25, 0.3) is 0 Å². The van der Waals surface area contributed by atoms with Crippen molar-refractivity contribution in [2.75, 3.05) is 6.61 Å². The predicted octanol–water partition coefficient (Wildman–Crippen LogP) is 1.76. The molecule has 0 amide bonds. The summed E-state index contributed by atoms with van der Waals surface area (Å²) in [6.07, 6.45) is 2.87. The van der Waals surface area contributed by atoms with Crippen LogP contribution in [0, 0.1) is 0 Å². The van der Waals surface area contributed by atoms with Gasteiger partial charge in [-0.15, -0.1) is 0 Å². The highest BCUT2D eigenvalue weighted by Gasteiger charge is 2.16. The van der Waals surface area contributed by atoms with Gasteiger partial charge >= 0.3 is 0 Å². The maximum atomic E-state index is 8.91. The van der Waals surface area contributed by atoms with Crippen LogP contribution in [-0.2, 0) is 13.1 Å². The number of hydrogen-bond acceptors (Lipinski definition) is 2. The number of aryl methyl sites for hydroxylation is 1. The van der Waals surface area contributed by atoms with Crippen LogP contribution in [0.3, 0.4) is 0 Å². The summed E-state index contributed by atoms with van der Waals surface area (Å²) in [5.74, 6) is 0. The van der Waals surface area contributed by atoms with E-state index in [4.69, 9.17) is 5.11 Å². The number of nitrogens with zero attached hydrogens (tertiary/aromatic N) is 1. The number of nitrogens with one attached hydrogen (secondary N) is 1. The molecule has 0 unspecified atom stereocenters. The molecule has 0 aliphatic rings. The van der Waals surface area contributed by atoms with E-state index in [1.165, 1.54) is 5.69 Å². The first-order valence-corrected chi connectivity index (χ1v) is 5.59. The molecule has 0 saturated carbocycles. The standard InChI is InChI=1S/C12H22N2O/c1-4-14-8-5-6-11(14)10-13-12(2,3)7-9-15/h5-6,8,13,15H,4,7,9-10H2,1-3H3. The van der Waals surface area contributed by atoms with Crippen LogP contribution in [0.4, 0.5) is 0 Å². The maximum absolute atomic E-state index is 8.91. The molecule has 0 spiro atoms. The summed E-state index contributed by atoms with van der Waals surface area (Å²) in [6.45, 7) is 8.46. The Kier molecular flexibility index (Phi) is 4.36. The summed E-state index contributed by atoms with van der Waals surface area (Å²) in [5.41, 5.74) is 1.29. The first-order chi connectivity index (χ1) is 7.09. The largest absolute Gasteiger partial charge is 0.396 e. The van der Waals surface area contributed by atoms with E-state index in [1.54, 1.807) is 0 Å². The van der Waals surface area contributed by atoms with Gasteiger partial charge in [-0.25, -0.2) is 0 Å². The first kappa shape index (κ1) is 12.3. The van der Waals surface area contributed by atoms with Crippen molar-refractivity contribution in [3.8, 4) is 0 Å². The van der Waals surface area contributed by atoms with Crippen molar-refractivity contribution in [3.05, 3.63) is 24.0 Å². The zero-order valence-electron chi connectivity index (χ0n) is 9.95. The quantitative estimate of drug-likeness (QED) is 0.750. The van der Waals surface area contributed by atoms with Gasteiger partial charge in [0, 0.05) is 37.1 Å². The molecule has 1 rings (SSSR count). The molecule has 0 radical (unpaired) electrons. The lowest BCUT2D eigenvalue weighted by atomic mass is 10.0. The lowest BCUT2D eigenvalue weighted by molar-refractivity contribution is 0.229. The Morgan fingerprint density at radius 1 is 1.47 bits per heavy atom. The van der Waals surface area contributed by atoms with Crippen LogP contribution in [0.15, 0.2) is 18.3 Å². The molecule has 15 heavy (non-hydrogen) atoms. The smallest absolute Gasteiger partial charge is 0.0448 e. The number of hydrogen-bond donors (Lipinski definition) is 2. The summed E-state index contributed by atoms with van der Waals surface area (Å²) in [4.78, 5) is 0. The molecular weight excluding hydrogens is 188 g/mol. The fraction of sp³-hybridized carbons (Fsp3) is 0.667. The topological polar surface area (TPSA) is 37.2 Å². The Labute approximate surface area is 92.1 Å². The average molecular weight is 210 g/mol. The van der Waals surface area contributed by atoms with Crippen LogP contribution in [-0.4, -0.2) is 21.8 Å². The molecule has 0 bridgehead atoms. The second kappa shape index (κ2) is 5.33. The van der Waals surface area contributed by atoms with Gasteiger partial charge in [0.2, 0.25) is 0 Å². The number of rotatable bonds is 6. The molecule has 1 aromatic heterocycles. The van der Waals surface area contributed by atoms with Crippen LogP contribution in [0.2, 0.25) is 0 Å². The summed E-state index contributed by atoms with van der Waals surface area (Å²) in [7, 11) is 0. The Morgan fingerprint density at radius 3 is 2.80 bits per heavy atom. The minimum Gasteiger partial charge on any atom is -0.396 e. The maximum Gasteiger partial charge on any atom is 0.0448 e. The summed E-state index contributed by atoms with van der Waals surface area (Å²) >= 11 is 0. The zero-order valence-corrected chi connectivity index (χ0v) is 9.95. The van der Waals surface area contributed by atoms with Crippen molar-refractivity contribution >= 4 is 0 Å². The zero-order chi connectivity index (χ0) is 11.3. The minimum atomic E-state index is -0.00239. The number of aliphatic hydroxyl groups excluding tert-OH is 1. The molecule has 1 heterocycles. The summed E-state index contributed by atoms with van der Waals surface area (Å²) in [6, 6.07) is 4.20. The highest BCUT2D eigenvalue weighted by molar-refractivity contribution is 5.07. The van der Waals surface area contributed by atoms with Crippen molar-refractivity contribution in [2.45, 2.75) is 45.8 Å². The molecular formula is C12H22N2O. The molecule has 0 fully saturated rings. The summed E-state index contributed by atoms with van der Waals surface area (Å²) in [5, 5.41) is 12.4. The van der Waals surface area contributed by atoms with Crippen molar-refractivity contribution in [1.82, 2.24) is 9.88 Å². The molecule has 0 atom stereocenters. The van der Waals surface area contributed by atoms with E-state index >= 15 is 0 Å². The number of aliphatic hydroxyl groups is 1. The second-order valence-electron chi connectivity index (χ2n) is 4.50. The van der Waals surface area contributed by atoms with Crippen molar-refractivity contribution < 1.29 is 5.11 Å². The van der Waals surface area contributed by atoms with E-state index in [2.05, 4.69) is 49.0 Å². The normalized spacial score (nSPS) is 12.0. The molecule has 0 saturated heterocycles. The fourth-order valence-corrected chi connectivity index (χ4v) is 1.62. The van der Waals surface area contributed by atoms with Gasteiger partial charge in [0.25, 0.3) is 0 Å². The minimum absolute atomic E-state index is 0.00239. The van der Waals surface area contributed by atoms with E-state index in [9.17, 15) is 0 Å². The third-order valence-electron chi connectivity index (χ3n) is 2.75. The highest BCUT2D eigenvalue weighted by atomic mass is 16.3. The second-order valence-corrected chi connectivity index (χ2v) is 4.50. The Bertz CT molecular complexity index is 292. The highest BCUT2D eigenvalue weighted by Crippen LogP contribution is 2.10. The van der Waals surface area contributed by atoms with E-state index < -0.39 is 0 Å². The van der Waals surface area contributed by atoms with E-state index in [-0.39, 0.29) is 12.1 Å². The Balaban J connectivity index is 2.49. The van der Waals surface area contributed by atoms with Crippen LogP contribution in [0.1, 0.15) is 32.9 Å². The van der Waals surface area contributed by atoms with Gasteiger partial charge < -0.3 is 15.0 Å². The summed E-state index contributed by atoms with van der Waals surface area (Å²) < 4.78 is 2.22. The van der Waals surface area contributed by atoms with Crippen molar-refractivity contribution in [3.63, 3.8) is 0 Å². The van der Waals surface area contributed by atoms with Crippen LogP contribution in [0.5, 0.6) is 0 Å². The SMILES string of the molecule is CCn1cccc1CNC(C)(C)CCO. The lowest BCUT2D eigenvalue weighted by Gasteiger charge is -2.25. The van der Waals surface area contributed by atoms with Crippen molar-refractivity contribution in [1.29, 1.82) is 0 Å². The first-order valence-electron chi connectivity index (χ1n) is 5.59. The van der Waals surface area contributed by atoms with Gasteiger partial charge in [0.1, 0.15) is 0 Å². The van der Waals surface area contributed by atoms with Gasteiger partial charge in [-0.05, 0) is 39.3 Å². The van der Waals surface area contributed by atoms with Gasteiger partial charge in [-0.3, -0.25) is 0 Å². The molecule has 86 valence electrons. The molecule has 1 aromatic rings. The third-order valence-corrected chi connectivity index (χ3v) is 2.75. The van der Waals surface area contributed by atoms with Crippen molar-refractivity contribution in [2.24, 2.45) is 0 Å². The van der Waals surface area contributed by atoms with Gasteiger partial charge in [0.05, 0.1) is 0 Å². The third kappa shape index (κ3) is 3.68. The molecule has 3 heteroatoms. The lowest BCUT2D eigenvalue weighted by Crippen LogP contribution is -2.39. The van der Waals surface area contributed by atoms with E-state index in [0.29, 0.717) is 0 Å². The molecule has 2 N–H and O–H groups in total. The van der Waals surface area contributed by atoms with E-state index in [1.807, 2.05) is 0 Å². The molecule has 0 aliphatic carbocycles. The predicted molar refractivity (Wildman–Crippen MR) is 62.7 cm³/mol. The van der Waals surface area contributed by atoms with Crippen LogP contribution >= 0.6 is 0 Å². The fourth-order valence-electron chi connectivity index (χ4n) is 1.62. The van der Waals surface area contributed by atoms with Crippen LogP contribution < -0.4 is 5.32 Å². The Hall–Kier alpha value is -0.800. The molecule has 0 aliphatic heterocycles. The monoisotopic (exact) mass is 210 g/mol. The molecule has 3 nitrogen and oxygen atoms in total. The number of aromatic nitrogens is 1. The molecule has 0 aromatic carbocycles. The van der Waals surface area contributed by atoms with Gasteiger partial charge in [-0.2, -0.15) is 0 Å². The van der Waals surface area contributed by atoms with Gasteiger partial charge in [-0.1, -0.05) is 0 Å². The van der Waals surface area contributed by atoms with E-state index in [0.717, 1.165) is 19.5 Å².